The summed E-state index contributed by atoms with van der Waals surface area (Å²) < 4.78 is 16.5. The van der Waals surface area contributed by atoms with Gasteiger partial charge in [0.2, 0.25) is 0 Å². The Morgan fingerprint density at radius 2 is 1.93 bits per heavy atom. The molecular formula is C20H27N3O6. The highest BCUT2D eigenvalue weighted by Gasteiger charge is 2.53. The van der Waals surface area contributed by atoms with Crippen LogP contribution in [0.4, 0.5) is 10.5 Å². The van der Waals surface area contributed by atoms with Crippen molar-refractivity contribution in [3.63, 3.8) is 0 Å². The fourth-order valence-corrected chi connectivity index (χ4v) is 4.41. The van der Waals surface area contributed by atoms with E-state index in [1.54, 1.807) is 12.1 Å². The predicted molar refractivity (Wildman–Crippen MR) is 103 cm³/mol. The predicted octanol–water partition coefficient (Wildman–Crippen LogP) is 0.546. The molecule has 0 aromatic heterocycles. The molecule has 2 bridgehead atoms. The van der Waals surface area contributed by atoms with Crippen molar-refractivity contribution in [2.75, 3.05) is 32.1 Å². The molecule has 3 saturated heterocycles. The smallest absolute Gasteiger partial charge is 0.319 e. The van der Waals surface area contributed by atoms with Crippen molar-refractivity contribution in [2.45, 2.75) is 43.4 Å². The number of methoxy groups -OCH3 is 1. The second-order valence-electron chi connectivity index (χ2n) is 7.68. The zero-order valence-corrected chi connectivity index (χ0v) is 16.3. The number of aliphatic hydroxyl groups excluding tert-OH is 1. The average Bonchev–Trinajstić information content (AvgIpc) is 3.17. The number of hydrogen-bond acceptors (Lipinski definition) is 7. The summed E-state index contributed by atoms with van der Waals surface area (Å²) in [5.74, 6) is -0.319. The second kappa shape index (κ2) is 8.66. The van der Waals surface area contributed by atoms with Crippen LogP contribution in [0.5, 0.6) is 0 Å². The lowest BCUT2D eigenvalue weighted by atomic mass is 9.91. The number of ether oxygens (including phenoxy) is 3. The maximum Gasteiger partial charge on any atom is 0.319 e. The van der Waals surface area contributed by atoms with Gasteiger partial charge in [-0.1, -0.05) is 18.2 Å². The minimum atomic E-state index is -0.850. The first-order valence-corrected chi connectivity index (χ1v) is 9.96. The van der Waals surface area contributed by atoms with Crippen LogP contribution >= 0.6 is 0 Å². The number of rotatable bonds is 4. The quantitative estimate of drug-likeness (QED) is 0.628. The molecule has 0 saturated carbocycles. The van der Waals surface area contributed by atoms with E-state index in [9.17, 15) is 14.7 Å². The molecule has 2 amide bonds. The number of urea groups is 1. The third-order valence-electron chi connectivity index (χ3n) is 5.95. The molecule has 0 spiro atoms. The monoisotopic (exact) mass is 405 g/mol. The van der Waals surface area contributed by atoms with E-state index in [0.717, 1.165) is 0 Å². The van der Waals surface area contributed by atoms with Gasteiger partial charge in [-0.2, -0.15) is 0 Å². The third kappa shape index (κ3) is 4.23. The van der Waals surface area contributed by atoms with Crippen LogP contribution in [-0.4, -0.2) is 79.4 Å². The Morgan fingerprint density at radius 3 is 2.62 bits per heavy atom. The third-order valence-corrected chi connectivity index (χ3v) is 5.95. The zero-order chi connectivity index (χ0) is 20.4. The van der Waals surface area contributed by atoms with E-state index in [2.05, 4.69) is 15.5 Å². The molecular weight excluding hydrogens is 378 g/mol. The van der Waals surface area contributed by atoms with Crippen LogP contribution in [-0.2, 0) is 19.0 Å². The minimum Gasteiger partial charge on any atom is -0.469 e. The molecule has 0 radical (unpaired) electrons. The maximum atomic E-state index is 12.4. The van der Waals surface area contributed by atoms with Crippen LogP contribution in [0, 0.1) is 5.92 Å². The van der Waals surface area contributed by atoms with Gasteiger partial charge in [-0.3, -0.25) is 9.69 Å². The summed E-state index contributed by atoms with van der Waals surface area (Å²) in [5.41, 5.74) is 0.665. The summed E-state index contributed by atoms with van der Waals surface area (Å²) in [5, 5.41) is 16.7. The first-order valence-electron chi connectivity index (χ1n) is 9.96. The number of anilines is 1. The molecule has 5 atom stereocenters. The number of nitrogens with one attached hydrogen (secondary N) is 2. The summed E-state index contributed by atoms with van der Waals surface area (Å²) in [6.07, 6.45) is -0.491. The van der Waals surface area contributed by atoms with Gasteiger partial charge in [0.05, 0.1) is 37.8 Å². The van der Waals surface area contributed by atoms with Gasteiger partial charge in [0.1, 0.15) is 6.10 Å². The zero-order valence-electron chi connectivity index (χ0n) is 16.3. The van der Waals surface area contributed by atoms with Crippen molar-refractivity contribution in [3.8, 4) is 0 Å². The van der Waals surface area contributed by atoms with Gasteiger partial charge in [0.15, 0.2) is 6.29 Å². The van der Waals surface area contributed by atoms with Crippen molar-refractivity contribution in [2.24, 2.45) is 5.92 Å². The number of fused-ring (bicyclic) bond motifs is 2. The van der Waals surface area contributed by atoms with Crippen molar-refractivity contribution >= 4 is 17.7 Å². The lowest BCUT2D eigenvalue weighted by molar-refractivity contribution is -0.185. The van der Waals surface area contributed by atoms with Gasteiger partial charge in [0, 0.05) is 5.69 Å². The van der Waals surface area contributed by atoms with Gasteiger partial charge in [-0.25, -0.2) is 4.79 Å². The van der Waals surface area contributed by atoms with Gasteiger partial charge < -0.3 is 30.0 Å². The van der Waals surface area contributed by atoms with E-state index in [1.165, 1.54) is 7.11 Å². The number of benzene rings is 1. The first kappa shape index (κ1) is 20.1. The number of esters is 1. The van der Waals surface area contributed by atoms with Crippen molar-refractivity contribution in [1.82, 2.24) is 10.2 Å². The number of carbonyl (C=O) groups is 2. The largest absolute Gasteiger partial charge is 0.469 e. The Bertz CT molecular complexity index is 724. The number of carbonyl (C=O) groups excluding carboxylic acids is 2. The molecule has 0 aliphatic carbocycles. The summed E-state index contributed by atoms with van der Waals surface area (Å²) in [6.45, 7) is 1.56. The Morgan fingerprint density at radius 1 is 1.21 bits per heavy atom. The van der Waals surface area contributed by atoms with E-state index in [-0.39, 0.29) is 11.9 Å². The highest BCUT2D eigenvalue weighted by atomic mass is 16.7. The van der Waals surface area contributed by atoms with Crippen molar-refractivity contribution in [1.29, 1.82) is 0 Å². The van der Waals surface area contributed by atoms with Gasteiger partial charge in [-0.15, -0.1) is 0 Å². The van der Waals surface area contributed by atoms with Crippen LogP contribution in [0.15, 0.2) is 30.3 Å². The highest BCUT2D eigenvalue weighted by molar-refractivity contribution is 5.89. The van der Waals surface area contributed by atoms with Gasteiger partial charge >= 0.3 is 12.0 Å². The van der Waals surface area contributed by atoms with E-state index in [1.807, 2.05) is 18.2 Å². The fraction of sp³-hybridized carbons (Fsp3) is 0.600. The van der Waals surface area contributed by atoms with Crippen LogP contribution in [0.25, 0.3) is 0 Å². The number of likely N-dealkylation sites (tertiary alicyclic amines) is 1. The van der Waals surface area contributed by atoms with E-state index >= 15 is 0 Å². The van der Waals surface area contributed by atoms with E-state index < -0.39 is 36.6 Å². The molecule has 3 N–H and O–H groups in total. The summed E-state index contributed by atoms with van der Waals surface area (Å²) in [6, 6.07) is 7.70. The van der Waals surface area contributed by atoms with Crippen molar-refractivity contribution < 1.29 is 28.9 Å². The highest BCUT2D eigenvalue weighted by Crippen LogP contribution is 2.33. The van der Waals surface area contributed by atoms with Crippen molar-refractivity contribution in [3.05, 3.63) is 30.3 Å². The van der Waals surface area contributed by atoms with Crippen LogP contribution < -0.4 is 10.6 Å². The summed E-state index contributed by atoms with van der Waals surface area (Å²) in [4.78, 5) is 26.3. The van der Waals surface area contributed by atoms with Gasteiger partial charge in [0.25, 0.3) is 0 Å². The molecule has 1 aromatic carbocycles. The number of hydrogen-bond donors (Lipinski definition) is 3. The Labute approximate surface area is 169 Å². The van der Waals surface area contributed by atoms with Crippen LogP contribution in [0.2, 0.25) is 0 Å². The lowest BCUT2D eigenvalue weighted by Gasteiger charge is -2.45. The molecule has 0 unspecified atom stereocenters. The molecule has 3 fully saturated rings. The standard InChI is InChI=1S/C20H27N3O6/c1-27-18(25)12-7-9-23(10-8-12)16-17(24)15(14-11-28-19(16)29-14)22-20(26)21-13-5-3-2-4-6-13/h2-6,12,14-17,19,24H,7-11H2,1H3,(H2,21,22,26)/t14-,15+,16-,17-,19+/m0/s1. The molecule has 9 nitrogen and oxygen atoms in total. The molecule has 1 aromatic rings. The molecule has 158 valence electrons. The Hall–Kier alpha value is -2.20. The average molecular weight is 405 g/mol. The number of amides is 2. The number of para-hydroxylation sites is 1. The van der Waals surface area contributed by atoms with Crippen LogP contribution in [0.3, 0.4) is 0 Å². The number of nitrogens with zero attached hydrogens (tertiary/aromatic N) is 1. The number of aliphatic hydroxyl groups is 1. The normalized spacial score (nSPS) is 32.6. The molecule has 3 heterocycles. The summed E-state index contributed by atoms with van der Waals surface area (Å²) >= 11 is 0. The topological polar surface area (TPSA) is 109 Å². The number of piperidine rings is 1. The minimum absolute atomic E-state index is 0.124. The fourth-order valence-electron chi connectivity index (χ4n) is 4.41. The van der Waals surface area contributed by atoms with E-state index in [4.69, 9.17) is 14.2 Å². The molecule has 4 rings (SSSR count). The Kier molecular flexibility index (Phi) is 6.00. The van der Waals surface area contributed by atoms with Gasteiger partial charge in [-0.05, 0) is 38.1 Å². The SMILES string of the molecule is COC(=O)C1CCN([C@@H]2[C@@H]3OC[C@H](O3)[C@@H](NC(=O)Nc3ccccc3)[C@@H]2O)CC1. The lowest BCUT2D eigenvalue weighted by Crippen LogP contribution is -2.66. The van der Waals surface area contributed by atoms with Crippen LogP contribution in [0.1, 0.15) is 12.8 Å². The maximum absolute atomic E-state index is 12.4. The molecule has 3 aliphatic heterocycles. The Balaban J connectivity index is 1.40. The first-order chi connectivity index (χ1) is 14.1. The summed E-state index contributed by atoms with van der Waals surface area (Å²) in [7, 11) is 1.40. The van der Waals surface area contributed by atoms with E-state index in [0.29, 0.717) is 38.2 Å². The molecule has 29 heavy (non-hydrogen) atoms. The molecule has 9 heteroatoms. The molecule has 3 aliphatic rings. The second-order valence-corrected chi connectivity index (χ2v) is 7.68.